The summed E-state index contributed by atoms with van der Waals surface area (Å²) >= 11 is 0.864. The Morgan fingerprint density at radius 3 is 2.47 bits per heavy atom. The van der Waals surface area contributed by atoms with E-state index in [4.69, 9.17) is 9.47 Å². The van der Waals surface area contributed by atoms with Gasteiger partial charge in [0.2, 0.25) is 5.91 Å². The van der Waals surface area contributed by atoms with Crippen molar-refractivity contribution in [3.05, 3.63) is 28.7 Å². The maximum Gasteiger partial charge on any atom is 0.407 e. The number of rotatable bonds is 6. The summed E-state index contributed by atoms with van der Waals surface area (Å²) < 4.78 is 10.7. The van der Waals surface area contributed by atoms with Crippen molar-refractivity contribution < 1.29 is 28.7 Å². The third-order valence-electron chi connectivity index (χ3n) is 5.13. The third kappa shape index (κ3) is 6.66. The van der Waals surface area contributed by atoms with Crippen LogP contribution in [0.4, 0.5) is 15.3 Å². The van der Waals surface area contributed by atoms with Crippen LogP contribution in [0, 0.1) is 0 Å². The van der Waals surface area contributed by atoms with E-state index >= 15 is 0 Å². The maximum absolute atomic E-state index is 12.6. The highest BCUT2D eigenvalue weighted by atomic mass is 32.2. The van der Waals surface area contributed by atoms with Gasteiger partial charge in [-0.25, -0.2) is 4.79 Å². The summed E-state index contributed by atoms with van der Waals surface area (Å²) in [5.41, 5.74) is 0.977. The van der Waals surface area contributed by atoms with Gasteiger partial charge in [-0.15, -0.1) is 0 Å². The SMILES string of the molecule is COc1cccc(C=C2SC(=O)NC2=O)c1N1CCN(C(=O)CCNC(=O)OC(C)(C)C)CC1. The number of benzene rings is 1. The van der Waals surface area contributed by atoms with Crippen molar-refractivity contribution in [2.45, 2.75) is 32.8 Å². The molecule has 3 rings (SSSR count). The minimum absolute atomic E-state index is 0.0457. The summed E-state index contributed by atoms with van der Waals surface area (Å²) in [7, 11) is 1.58. The first-order chi connectivity index (χ1) is 16.1. The maximum atomic E-state index is 12.6. The van der Waals surface area contributed by atoms with Crippen LogP contribution in [0.15, 0.2) is 23.1 Å². The lowest BCUT2D eigenvalue weighted by Crippen LogP contribution is -2.49. The van der Waals surface area contributed by atoms with Gasteiger partial charge >= 0.3 is 6.09 Å². The molecule has 2 aliphatic rings. The molecule has 0 spiro atoms. The number of amides is 4. The van der Waals surface area contributed by atoms with E-state index in [1.807, 2.05) is 18.2 Å². The number of alkyl carbamates (subject to hydrolysis) is 1. The Kier molecular flexibility index (Phi) is 8.08. The fraction of sp³-hybridized carbons (Fsp3) is 0.478. The fourth-order valence-corrected chi connectivity index (χ4v) is 4.32. The van der Waals surface area contributed by atoms with Crippen LogP contribution < -0.4 is 20.3 Å². The Labute approximate surface area is 203 Å². The molecule has 0 bridgehead atoms. The van der Waals surface area contributed by atoms with Gasteiger partial charge in [0.05, 0.1) is 17.7 Å². The minimum Gasteiger partial charge on any atom is -0.495 e. The van der Waals surface area contributed by atoms with Gasteiger partial charge in [-0.3, -0.25) is 19.7 Å². The second-order valence-electron chi connectivity index (χ2n) is 8.80. The molecule has 2 N–H and O–H groups in total. The number of para-hydroxylation sites is 1. The van der Waals surface area contributed by atoms with Crippen molar-refractivity contribution in [2.75, 3.05) is 44.7 Å². The lowest BCUT2D eigenvalue weighted by atomic mass is 10.1. The molecule has 4 amide bonds. The molecule has 1 aromatic rings. The number of anilines is 1. The molecule has 11 heteroatoms. The molecule has 10 nitrogen and oxygen atoms in total. The Bertz CT molecular complexity index is 996. The summed E-state index contributed by atoms with van der Waals surface area (Å²) in [6.45, 7) is 7.70. The zero-order valence-electron chi connectivity index (χ0n) is 19.8. The zero-order chi connectivity index (χ0) is 24.9. The summed E-state index contributed by atoms with van der Waals surface area (Å²) in [6.07, 6.45) is 1.33. The first-order valence-electron chi connectivity index (χ1n) is 11.0. The number of imide groups is 1. The molecule has 34 heavy (non-hydrogen) atoms. The highest BCUT2D eigenvalue weighted by Crippen LogP contribution is 2.36. The standard InChI is InChI=1S/C23H30N4O6S/c1-23(2,3)33-21(30)24-9-8-18(28)26-10-12-27(13-11-26)19-15(6-5-7-16(19)32-4)14-17-20(29)25-22(31)34-17/h5-7,14H,8-13H2,1-4H3,(H,24,30)(H,25,29,31). The number of hydrogen-bond acceptors (Lipinski definition) is 8. The van der Waals surface area contributed by atoms with E-state index in [1.54, 1.807) is 38.9 Å². The van der Waals surface area contributed by atoms with Gasteiger partial charge in [0, 0.05) is 44.7 Å². The van der Waals surface area contributed by atoms with Crippen LogP contribution in [0.2, 0.25) is 0 Å². The lowest BCUT2D eigenvalue weighted by molar-refractivity contribution is -0.131. The van der Waals surface area contributed by atoms with Crippen molar-refractivity contribution >= 4 is 46.7 Å². The summed E-state index contributed by atoms with van der Waals surface area (Å²) in [5.74, 6) is 0.181. The molecule has 2 aliphatic heterocycles. The van der Waals surface area contributed by atoms with Crippen LogP contribution in [-0.2, 0) is 14.3 Å². The molecule has 0 saturated carbocycles. The van der Waals surface area contributed by atoms with E-state index in [0.29, 0.717) is 36.8 Å². The van der Waals surface area contributed by atoms with Crippen molar-refractivity contribution in [3.63, 3.8) is 0 Å². The smallest absolute Gasteiger partial charge is 0.407 e. The number of nitrogens with zero attached hydrogens (tertiary/aromatic N) is 2. The third-order valence-corrected chi connectivity index (χ3v) is 5.95. The van der Waals surface area contributed by atoms with E-state index in [-0.39, 0.29) is 18.9 Å². The second kappa shape index (κ2) is 10.8. The van der Waals surface area contributed by atoms with Crippen molar-refractivity contribution in [1.29, 1.82) is 0 Å². The molecule has 2 saturated heterocycles. The molecule has 184 valence electrons. The number of hydrogen-bond donors (Lipinski definition) is 2. The van der Waals surface area contributed by atoms with Crippen molar-refractivity contribution in [3.8, 4) is 5.75 Å². The van der Waals surface area contributed by atoms with E-state index in [9.17, 15) is 19.2 Å². The van der Waals surface area contributed by atoms with Gasteiger partial charge < -0.3 is 24.6 Å². The van der Waals surface area contributed by atoms with Crippen LogP contribution >= 0.6 is 11.8 Å². The average Bonchev–Trinajstić information content (AvgIpc) is 3.08. The summed E-state index contributed by atoms with van der Waals surface area (Å²) in [5, 5.41) is 4.47. The highest BCUT2D eigenvalue weighted by molar-refractivity contribution is 8.18. The van der Waals surface area contributed by atoms with E-state index in [1.165, 1.54) is 0 Å². The van der Waals surface area contributed by atoms with E-state index < -0.39 is 22.8 Å². The number of nitrogens with one attached hydrogen (secondary N) is 2. The number of piperazine rings is 1. The molecule has 0 atom stereocenters. The quantitative estimate of drug-likeness (QED) is 0.585. The summed E-state index contributed by atoms with van der Waals surface area (Å²) in [4.78, 5) is 52.1. The highest BCUT2D eigenvalue weighted by Gasteiger charge is 2.28. The number of ether oxygens (including phenoxy) is 2. The van der Waals surface area contributed by atoms with E-state index in [2.05, 4.69) is 15.5 Å². The monoisotopic (exact) mass is 490 g/mol. The van der Waals surface area contributed by atoms with Crippen molar-refractivity contribution in [2.24, 2.45) is 0 Å². The zero-order valence-corrected chi connectivity index (χ0v) is 20.6. The molecule has 0 aromatic heterocycles. The predicted octanol–water partition coefficient (Wildman–Crippen LogP) is 2.58. The Hall–Kier alpha value is -3.21. The average molecular weight is 491 g/mol. The minimum atomic E-state index is -0.590. The van der Waals surface area contributed by atoms with E-state index in [0.717, 1.165) is 23.0 Å². The van der Waals surface area contributed by atoms with Crippen LogP contribution in [0.1, 0.15) is 32.8 Å². The predicted molar refractivity (Wildman–Crippen MR) is 130 cm³/mol. The van der Waals surface area contributed by atoms with Gasteiger partial charge in [-0.2, -0.15) is 0 Å². The van der Waals surface area contributed by atoms with Crippen LogP contribution in [-0.4, -0.2) is 73.5 Å². The molecular formula is C23H30N4O6S. The topological polar surface area (TPSA) is 117 Å². The normalized spacial score (nSPS) is 17.6. The van der Waals surface area contributed by atoms with Gasteiger partial charge in [0.15, 0.2) is 0 Å². The van der Waals surface area contributed by atoms with Crippen LogP contribution in [0.25, 0.3) is 6.08 Å². The first kappa shape index (κ1) is 25.4. The first-order valence-corrected chi connectivity index (χ1v) is 11.8. The molecule has 0 unspecified atom stereocenters. The molecular weight excluding hydrogens is 460 g/mol. The lowest BCUT2D eigenvalue weighted by Gasteiger charge is -2.37. The van der Waals surface area contributed by atoms with Crippen LogP contribution in [0.3, 0.4) is 0 Å². The molecule has 2 heterocycles. The Morgan fingerprint density at radius 1 is 1.18 bits per heavy atom. The van der Waals surface area contributed by atoms with Gasteiger partial charge in [0.1, 0.15) is 11.4 Å². The van der Waals surface area contributed by atoms with Crippen molar-refractivity contribution in [1.82, 2.24) is 15.5 Å². The largest absolute Gasteiger partial charge is 0.495 e. The number of carbonyl (C=O) groups excluding carboxylic acids is 4. The Morgan fingerprint density at radius 2 is 1.88 bits per heavy atom. The number of methoxy groups -OCH3 is 1. The summed E-state index contributed by atoms with van der Waals surface area (Å²) in [6, 6.07) is 5.52. The molecule has 2 fully saturated rings. The van der Waals surface area contributed by atoms with Gasteiger partial charge in [-0.1, -0.05) is 12.1 Å². The Balaban J connectivity index is 1.61. The fourth-order valence-electron chi connectivity index (χ4n) is 3.64. The van der Waals surface area contributed by atoms with Gasteiger partial charge in [-0.05, 0) is 44.7 Å². The number of thioether (sulfide) groups is 1. The second-order valence-corrected chi connectivity index (χ2v) is 9.81. The van der Waals surface area contributed by atoms with Gasteiger partial charge in [0.25, 0.3) is 11.1 Å². The molecule has 0 radical (unpaired) electrons. The molecule has 1 aromatic carbocycles. The number of carbonyl (C=O) groups is 4. The molecule has 0 aliphatic carbocycles. The van der Waals surface area contributed by atoms with Crippen LogP contribution in [0.5, 0.6) is 5.75 Å².